The first-order chi connectivity index (χ1) is 12.6. The van der Waals surface area contributed by atoms with Crippen molar-refractivity contribution in [3.05, 3.63) is 59.9 Å². The second-order valence-electron chi connectivity index (χ2n) is 6.97. The number of benzene rings is 1. The van der Waals surface area contributed by atoms with Crippen molar-refractivity contribution in [2.75, 3.05) is 27.2 Å². The number of amides is 1. The van der Waals surface area contributed by atoms with E-state index in [9.17, 15) is 4.79 Å². The summed E-state index contributed by atoms with van der Waals surface area (Å²) in [6.07, 6.45) is 4.31. The Morgan fingerprint density at radius 2 is 2.08 bits per heavy atom. The van der Waals surface area contributed by atoms with Gasteiger partial charge in [0.25, 0.3) is 0 Å². The zero-order chi connectivity index (χ0) is 18.4. The molecule has 1 saturated heterocycles. The second-order valence-corrected chi connectivity index (χ2v) is 6.97. The van der Waals surface area contributed by atoms with Crippen LogP contribution in [0.15, 0.2) is 48.7 Å². The molecule has 1 unspecified atom stereocenters. The molecule has 2 heterocycles. The fourth-order valence-corrected chi connectivity index (χ4v) is 3.44. The molecule has 0 aliphatic carbocycles. The van der Waals surface area contributed by atoms with E-state index in [1.165, 1.54) is 5.56 Å². The van der Waals surface area contributed by atoms with Gasteiger partial charge in [-0.05, 0) is 56.8 Å². The third kappa shape index (κ3) is 4.82. The van der Waals surface area contributed by atoms with Crippen molar-refractivity contribution in [3.8, 4) is 5.75 Å². The maximum absolute atomic E-state index is 12.7. The van der Waals surface area contributed by atoms with Gasteiger partial charge in [-0.25, -0.2) is 0 Å². The van der Waals surface area contributed by atoms with E-state index in [0.29, 0.717) is 13.0 Å². The molecule has 1 aromatic carbocycles. The largest absolute Gasteiger partial charge is 0.493 e. The molecule has 0 spiro atoms. The number of nitrogens with zero attached hydrogens (tertiary/aromatic N) is 3. The highest BCUT2D eigenvalue weighted by Crippen LogP contribution is 2.32. The lowest BCUT2D eigenvalue weighted by molar-refractivity contribution is -0.132. The minimum absolute atomic E-state index is 0.156. The van der Waals surface area contributed by atoms with Crippen LogP contribution in [0.25, 0.3) is 0 Å². The average molecular weight is 353 g/mol. The number of rotatable bonds is 7. The zero-order valence-corrected chi connectivity index (χ0v) is 15.6. The molecule has 1 amide bonds. The molecule has 26 heavy (non-hydrogen) atoms. The summed E-state index contributed by atoms with van der Waals surface area (Å²) in [5.41, 5.74) is 2.23. The Bertz CT molecular complexity index is 718. The Kier molecular flexibility index (Phi) is 6.23. The summed E-state index contributed by atoms with van der Waals surface area (Å²) in [7, 11) is 4.07. The Labute approximate surface area is 155 Å². The molecule has 5 heteroatoms. The summed E-state index contributed by atoms with van der Waals surface area (Å²) in [6.45, 7) is 2.04. The number of carbonyl (C=O) groups excluding carboxylic acids is 1. The summed E-state index contributed by atoms with van der Waals surface area (Å²) >= 11 is 0. The molecule has 3 rings (SSSR count). The van der Waals surface area contributed by atoms with Crippen LogP contribution in [0.2, 0.25) is 0 Å². The lowest BCUT2D eigenvalue weighted by Gasteiger charge is -2.25. The van der Waals surface area contributed by atoms with Crippen LogP contribution >= 0.6 is 0 Å². The standard InChI is InChI=1S/C21H27N3O2/c1-23(2)16-18-15-17(10-12-22-18)20-9-6-13-24(20)21(25)11-14-26-19-7-4-3-5-8-19/h3-5,7-8,10,12,15,20H,6,9,11,13-14,16H2,1-2H3. The van der Waals surface area contributed by atoms with Gasteiger partial charge in [0.15, 0.2) is 0 Å². The van der Waals surface area contributed by atoms with Crippen LogP contribution in [0.4, 0.5) is 0 Å². The van der Waals surface area contributed by atoms with Crippen molar-refractivity contribution in [1.29, 1.82) is 0 Å². The van der Waals surface area contributed by atoms with E-state index in [1.807, 2.05) is 61.6 Å². The van der Waals surface area contributed by atoms with E-state index in [0.717, 1.165) is 37.4 Å². The van der Waals surface area contributed by atoms with Crippen LogP contribution in [0.5, 0.6) is 5.75 Å². The highest BCUT2D eigenvalue weighted by molar-refractivity contribution is 5.77. The highest BCUT2D eigenvalue weighted by atomic mass is 16.5. The summed E-state index contributed by atoms with van der Waals surface area (Å²) in [4.78, 5) is 21.2. The summed E-state index contributed by atoms with van der Waals surface area (Å²) in [5.74, 6) is 0.968. The molecule has 1 aliphatic rings. The summed E-state index contributed by atoms with van der Waals surface area (Å²) in [6, 6.07) is 14.0. The van der Waals surface area contributed by atoms with Crippen molar-refractivity contribution in [2.45, 2.75) is 31.8 Å². The predicted molar refractivity (Wildman–Crippen MR) is 102 cm³/mol. The molecule has 0 saturated carbocycles. The summed E-state index contributed by atoms with van der Waals surface area (Å²) < 4.78 is 5.68. The SMILES string of the molecule is CN(C)Cc1cc(C2CCCN2C(=O)CCOc2ccccc2)ccn1. The molecule has 1 aromatic heterocycles. The third-order valence-electron chi connectivity index (χ3n) is 4.60. The maximum Gasteiger partial charge on any atom is 0.226 e. The van der Waals surface area contributed by atoms with E-state index >= 15 is 0 Å². The topological polar surface area (TPSA) is 45.7 Å². The Morgan fingerprint density at radius 1 is 1.27 bits per heavy atom. The molecular weight excluding hydrogens is 326 g/mol. The van der Waals surface area contributed by atoms with Gasteiger partial charge in [-0.1, -0.05) is 18.2 Å². The lowest BCUT2D eigenvalue weighted by atomic mass is 10.0. The molecule has 1 aliphatic heterocycles. The van der Waals surface area contributed by atoms with Crippen LogP contribution in [-0.4, -0.2) is 47.9 Å². The number of para-hydroxylation sites is 1. The predicted octanol–water partition coefficient (Wildman–Crippen LogP) is 3.28. The molecule has 5 nitrogen and oxygen atoms in total. The first kappa shape index (κ1) is 18.4. The Hall–Kier alpha value is -2.40. The fraction of sp³-hybridized carbons (Fsp3) is 0.429. The van der Waals surface area contributed by atoms with Crippen LogP contribution in [0, 0.1) is 0 Å². The average Bonchev–Trinajstić information content (AvgIpc) is 3.12. The smallest absolute Gasteiger partial charge is 0.226 e. The molecule has 2 aromatic rings. The van der Waals surface area contributed by atoms with Gasteiger partial charge in [-0.2, -0.15) is 0 Å². The number of hydrogen-bond acceptors (Lipinski definition) is 4. The monoisotopic (exact) mass is 353 g/mol. The summed E-state index contributed by atoms with van der Waals surface area (Å²) in [5, 5.41) is 0. The first-order valence-corrected chi connectivity index (χ1v) is 9.20. The van der Waals surface area contributed by atoms with Gasteiger partial charge < -0.3 is 14.5 Å². The number of likely N-dealkylation sites (tertiary alicyclic amines) is 1. The molecule has 0 bridgehead atoms. The van der Waals surface area contributed by atoms with E-state index in [2.05, 4.69) is 16.0 Å². The fourth-order valence-electron chi connectivity index (χ4n) is 3.44. The molecule has 1 atom stereocenters. The Morgan fingerprint density at radius 3 is 2.85 bits per heavy atom. The minimum Gasteiger partial charge on any atom is -0.493 e. The number of pyridine rings is 1. The number of carbonyl (C=O) groups is 1. The Balaban J connectivity index is 1.59. The van der Waals surface area contributed by atoms with Crippen LogP contribution < -0.4 is 4.74 Å². The highest BCUT2D eigenvalue weighted by Gasteiger charge is 2.29. The van der Waals surface area contributed by atoms with Gasteiger partial charge in [-0.15, -0.1) is 0 Å². The van der Waals surface area contributed by atoms with Crippen LogP contribution in [0.3, 0.4) is 0 Å². The van der Waals surface area contributed by atoms with Gasteiger partial charge in [0, 0.05) is 19.3 Å². The normalized spacial score (nSPS) is 16.9. The van der Waals surface area contributed by atoms with Crippen molar-refractivity contribution in [1.82, 2.24) is 14.8 Å². The molecule has 1 fully saturated rings. The van der Waals surface area contributed by atoms with E-state index in [-0.39, 0.29) is 11.9 Å². The molecule has 138 valence electrons. The van der Waals surface area contributed by atoms with Gasteiger partial charge >= 0.3 is 0 Å². The van der Waals surface area contributed by atoms with E-state index in [4.69, 9.17) is 4.74 Å². The van der Waals surface area contributed by atoms with Gasteiger partial charge in [0.2, 0.25) is 5.91 Å². The van der Waals surface area contributed by atoms with E-state index in [1.54, 1.807) is 0 Å². The number of hydrogen-bond donors (Lipinski definition) is 0. The third-order valence-corrected chi connectivity index (χ3v) is 4.60. The van der Waals surface area contributed by atoms with Crippen molar-refractivity contribution in [2.24, 2.45) is 0 Å². The van der Waals surface area contributed by atoms with Gasteiger partial charge in [0.1, 0.15) is 5.75 Å². The van der Waals surface area contributed by atoms with E-state index < -0.39 is 0 Å². The van der Waals surface area contributed by atoms with Crippen molar-refractivity contribution < 1.29 is 9.53 Å². The molecule has 0 N–H and O–H groups in total. The second kappa shape index (κ2) is 8.81. The van der Waals surface area contributed by atoms with Crippen molar-refractivity contribution in [3.63, 3.8) is 0 Å². The molecule has 0 radical (unpaired) electrons. The zero-order valence-electron chi connectivity index (χ0n) is 15.6. The van der Waals surface area contributed by atoms with Crippen molar-refractivity contribution >= 4 is 5.91 Å². The van der Waals surface area contributed by atoms with Gasteiger partial charge in [-0.3, -0.25) is 9.78 Å². The number of aromatic nitrogens is 1. The van der Waals surface area contributed by atoms with Gasteiger partial charge in [0.05, 0.1) is 24.8 Å². The lowest BCUT2D eigenvalue weighted by Crippen LogP contribution is -2.31. The quantitative estimate of drug-likeness (QED) is 0.766. The first-order valence-electron chi connectivity index (χ1n) is 9.20. The number of ether oxygens (including phenoxy) is 1. The maximum atomic E-state index is 12.7. The van der Waals surface area contributed by atoms with Crippen LogP contribution in [0.1, 0.15) is 36.6 Å². The molecular formula is C21H27N3O2. The van der Waals surface area contributed by atoms with Crippen LogP contribution in [-0.2, 0) is 11.3 Å². The minimum atomic E-state index is 0.156.